The smallest absolute Gasteiger partial charge is 0.560 e. The number of hydrogen-bond acceptors (Lipinski definition) is 6. The van der Waals surface area contributed by atoms with Crippen LogP contribution in [0.2, 0.25) is 0 Å². The minimum absolute atomic E-state index is 0. The van der Waals surface area contributed by atoms with Crippen molar-refractivity contribution in [2.24, 2.45) is 0 Å². The Morgan fingerprint density at radius 3 is 2.76 bits per heavy atom. The van der Waals surface area contributed by atoms with Crippen molar-refractivity contribution >= 4 is 17.4 Å². The molecule has 166 valence electrons. The molecule has 4 aromatic rings. The zero-order valence-corrected chi connectivity index (χ0v) is 22.5. The monoisotopic (exact) mass is 475 g/mol. The molecule has 0 saturated carbocycles. The summed E-state index contributed by atoms with van der Waals surface area (Å²) in [6.45, 7) is 3.93. The first-order valence-corrected chi connectivity index (χ1v) is 10.5. The Balaban J connectivity index is 0.00000324. The summed E-state index contributed by atoms with van der Waals surface area (Å²) in [6.07, 6.45) is 13.4. The molecule has 8 heteroatoms. The van der Waals surface area contributed by atoms with Crippen LogP contribution in [0.4, 0.5) is 11.5 Å². The molecule has 0 bridgehead atoms. The van der Waals surface area contributed by atoms with Crippen LogP contribution in [0.3, 0.4) is 0 Å². The third kappa shape index (κ3) is 7.12. The van der Waals surface area contributed by atoms with Crippen molar-refractivity contribution < 1.29 is 56.2 Å². The van der Waals surface area contributed by atoms with E-state index >= 15 is 0 Å². The van der Waals surface area contributed by atoms with E-state index in [1.54, 1.807) is 37.2 Å². The molecule has 1 aromatic carbocycles. The predicted octanol–water partition coefficient (Wildman–Crippen LogP) is 1.86. The van der Waals surface area contributed by atoms with Crippen LogP contribution in [0.25, 0.3) is 11.1 Å². The Hall–Kier alpha value is -2.75. The molecule has 34 heavy (non-hydrogen) atoms. The van der Waals surface area contributed by atoms with Gasteiger partial charge in [-0.3, -0.25) is 14.8 Å². The molecule has 0 aliphatic rings. The van der Waals surface area contributed by atoms with E-state index in [-0.39, 0.29) is 63.3 Å². The molecule has 0 aliphatic heterocycles. The number of aromatic nitrogens is 3. The number of hydrogen-bond donors (Lipinski definition) is 3. The van der Waals surface area contributed by atoms with Gasteiger partial charge in [-0.2, -0.15) is 11.8 Å². The van der Waals surface area contributed by atoms with Gasteiger partial charge in [0.25, 0.3) is 5.91 Å². The molecule has 0 spiro atoms. The maximum atomic E-state index is 12.5. The second-order valence-corrected chi connectivity index (χ2v) is 7.61. The second kappa shape index (κ2) is 12.6. The number of nitrogens with zero attached hydrogens (tertiary/aromatic N) is 3. The number of aryl methyl sites for hydroxylation is 1. The van der Waals surface area contributed by atoms with Crippen molar-refractivity contribution in [2.45, 2.75) is 19.9 Å². The van der Waals surface area contributed by atoms with Crippen LogP contribution < -0.4 is 67.3 Å². The average molecular weight is 476 g/mol. The van der Waals surface area contributed by atoms with Gasteiger partial charge < -0.3 is 27.1 Å². The molecular weight excluding hydrogens is 451 g/mol. The van der Waals surface area contributed by atoms with E-state index in [0.717, 1.165) is 33.8 Å². The van der Waals surface area contributed by atoms with Gasteiger partial charge in [0.15, 0.2) is 0 Å². The summed E-state index contributed by atoms with van der Waals surface area (Å²) >= 11 is 0. The van der Waals surface area contributed by atoms with E-state index < -0.39 is 0 Å². The normalized spacial score (nSPS) is 11.5. The largest absolute Gasteiger partial charge is 1.00 e. The van der Waals surface area contributed by atoms with Crippen LogP contribution in [0.5, 0.6) is 0 Å². The summed E-state index contributed by atoms with van der Waals surface area (Å²) in [6, 6.07) is 15.3. The zero-order chi connectivity index (χ0) is 23.0. The van der Waals surface area contributed by atoms with Crippen molar-refractivity contribution in [3.05, 3.63) is 109 Å². The Labute approximate surface area is 241 Å². The van der Waals surface area contributed by atoms with Crippen LogP contribution >= 0.6 is 0 Å². The van der Waals surface area contributed by atoms with E-state index in [1.807, 2.05) is 62.4 Å². The number of pyridine rings is 2. The van der Waals surface area contributed by atoms with Gasteiger partial charge in [0.05, 0.1) is 11.4 Å². The number of carbonyl (C=O) groups is 1. The molecule has 1 amide bonds. The van der Waals surface area contributed by atoms with Crippen LogP contribution in [-0.4, -0.2) is 20.9 Å². The molecule has 3 N–H and O–H groups in total. The molecule has 0 radical (unpaired) electrons. The Morgan fingerprint density at radius 2 is 1.97 bits per heavy atom. The summed E-state index contributed by atoms with van der Waals surface area (Å²) in [5.41, 5.74) is 5.22. The third-order valence-corrected chi connectivity index (χ3v) is 5.00. The first kappa shape index (κ1) is 25.9. The van der Waals surface area contributed by atoms with Crippen molar-refractivity contribution in [3.8, 4) is 11.1 Å². The molecular formula is C26H24KN6O-. The molecule has 0 fully saturated rings. The predicted molar refractivity (Wildman–Crippen MR) is 129 cm³/mol. The van der Waals surface area contributed by atoms with E-state index in [4.69, 9.17) is 0 Å². The van der Waals surface area contributed by atoms with Crippen molar-refractivity contribution in [3.63, 3.8) is 0 Å². The van der Waals surface area contributed by atoms with Gasteiger partial charge in [-0.05, 0) is 49.4 Å². The van der Waals surface area contributed by atoms with Gasteiger partial charge in [-0.1, -0.05) is 24.4 Å². The minimum atomic E-state index is -0.188. The SMILES string of the molecule is Cc1cncc(C(=O)Nc2cccc(C(C)N[C-]=CNc3[cH-]c(-c4cccnc4)cn3)c2)c1.[K+]. The minimum Gasteiger partial charge on any atom is -0.560 e. The molecule has 4 rings (SSSR count). The van der Waals surface area contributed by atoms with E-state index in [2.05, 4.69) is 37.1 Å². The first-order valence-electron chi connectivity index (χ1n) is 10.5. The fraction of sp³-hybridized carbons (Fsp3) is 0.115. The first-order chi connectivity index (χ1) is 16.1. The summed E-state index contributed by atoms with van der Waals surface area (Å²) in [4.78, 5) is 25.0. The fourth-order valence-electron chi connectivity index (χ4n) is 3.26. The van der Waals surface area contributed by atoms with Crippen molar-refractivity contribution in [1.29, 1.82) is 0 Å². The van der Waals surface area contributed by atoms with E-state index in [1.165, 1.54) is 0 Å². The molecule has 7 nitrogen and oxygen atoms in total. The quantitative estimate of drug-likeness (QED) is 0.205. The zero-order valence-electron chi connectivity index (χ0n) is 19.4. The van der Waals surface area contributed by atoms with Crippen LogP contribution in [0, 0.1) is 13.1 Å². The number of amides is 1. The summed E-state index contributed by atoms with van der Waals surface area (Å²) in [7, 11) is 0. The standard InChI is InChI=1S/C26H24N6O.K/c1-18-11-23(16-28-14-18)26(33)32-24-7-3-5-20(12-24)19(2)29-9-10-30-25-13-22(17-31-25)21-6-4-8-27-15-21;/h3-8,10-17,19,29H,1-2H3,(H,30,31)(H,32,33);/q-2;+1. The Kier molecular flexibility index (Phi) is 9.61. The molecule has 1 atom stereocenters. The molecule has 0 aliphatic carbocycles. The maximum Gasteiger partial charge on any atom is 1.00 e. The topological polar surface area (TPSA) is 91.8 Å². The second-order valence-electron chi connectivity index (χ2n) is 7.61. The van der Waals surface area contributed by atoms with E-state index in [0.29, 0.717) is 5.56 Å². The average Bonchev–Trinajstić information content (AvgIpc) is 3.31. The van der Waals surface area contributed by atoms with Gasteiger partial charge in [0.2, 0.25) is 0 Å². The van der Waals surface area contributed by atoms with E-state index in [9.17, 15) is 4.79 Å². The number of carbonyl (C=O) groups excluding carboxylic acids is 1. The van der Waals surface area contributed by atoms with Gasteiger partial charge in [-0.15, -0.1) is 17.7 Å². The number of rotatable bonds is 8. The van der Waals surface area contributed by atoms with Gasteiger partial charge in [0.1, 0.15) is 0 Å². The summed E-state index contributed by atoms with van der Waals surface area (Å²) in [5.74, 6) is 0.540. The van der Waals surface area contributed by atoms with Crippen molar-refractivity contribution in [2.75, 3.05) is 10.6 Å². The number of anilines is 2. The molecule has 0 saturated heterocycles. The molecule has 3 heterocycles. The summed E-state index contributed by atoms with van der Waals surface area (Å²) < 4.78 is 0. The number of benzene rings is 1. The number of nitrogens with one attached hydrogen (secondary N) is 3. The maximum absolute atomic E-state index is 12.5. The van der Waals surface area contributed by atoms with Crippen LogP contribution in [0.1, 0.15) is 34.5 Å². The van der Waals surface area contributed by atoms with Gasteiger partial charge >= 0.3 is 51.4 Å². The van der Waals surface area contributed by atoms with Crippen LogP contribution in [-0.2, 0) is 0 Å². The molecule has 1 unspecified atom stereocenters. The summed E-state index contributed by atoms with van der Waals surface area (Å²) in [5, 5.41) is 9.23. The van der Waals surface area contributed by atoms with Gasteiger partial charge in [-0.25, -0.2) is 0 Å². The molecule has 3 aromatic heterocycles. The third-order valence-electron chi connectivity index (χ3n) is 5.00. The Bertz CT molecular complexity index is 1250. The van der Waals surface area contributed by atoms with Gasteiger partial charge in [0, 0.05) is 30.3 Å². The van der Waals surface area contributed by atoms with Crippen LogP contribution in [0.15, 0.2) is 85.7 Å². The fourth-order valence-corrected chi connectivity index (χ4v) is 3.26. The van der Waals surface area contributed by atoms with Crippen molar-refractivity contribution in [1.82, 2.24) is 20.3 Å². The Morgan fingerprint density at radius 1 is 1.09 bits per heavy atom.